The van der Waals surface area contributed by atoms with Crippen molar-refractivity contribution in [1.29, 1.82) is 0 Å². The molecule has 1 heterocycles. The zero-order valence-electron chi connectivity index (χ0n) is 14.3. The Bertz CT molecular complexity index is 1090. The quantitative estimate of drug-likeness (QED) is 0.752. The molecule has 0 amide bonds. The van der Waals surface area contributed by atoms with Gasteiger partial charge in [0.15, 0.2) is 0 Å². The standard InChI is InChI=1S/C21H17NO4S/c23-21(24)20-14-17-8-4-5-9-19(17)22(20)27(25,26)18-12-10-16(11-13-18)15-6-2-1-3-7-15/h1-13,20H,14H2,(H,23,24). The van der Waals surface area contributed by atoms with E-state index in [1.165, 1.54) is 12.1 Å². The monoisotopic (exact) mass is 379 g/mol. The molecule has 1 aliphatic heterocycles. The molecule has 1 N–H and O–H groups in total. The molecule has 4 rings (SSSR count). The fourth-order valence-corrected chi connectivity index (χ4v) is 5.05. The fraction of sp³-hybridized carbons (Fsp3) is 0.0952. The van der Waals surface area contributed by atoms with E-state index in [4.69, 9.17) is 0 Å². The van der Waals surface area contributed by atoms with Crippen molar-refractivity contribution in [3.63, 3.8) is 0 Å². The maximum Gasteiger partial charge on any atom is 0.327 e. The van der Waals surface area contributed by atoms with Gasteiger partial charge in [0.25, 0.3) is 10.0 Å². The molecule has 0 bridgehead atoms. The Hall–Kier alpha value is -3.12. The Balaban J connectivity index is 1.75. The largest absolute Gasteiger partial charge is 0.480 e. The highest BCUT2D eigenvalue weighted by molar-refractivity contribution is 7.93. The minimum absolute atomic E-state index is 0.0742. The summed E-state index contributed by atoms with van der Waals surface area (Å²) in [6.07, 6.45) is 0.160. The number of para-hydroxylation sites is 1. The van der Waals surface area contributed by atoms with Gasteiger partial charge in [-0.05, 0) is 34.9 Å². The van der Waals surface area contributed by atoms with Crippen LogP contribution in [0.15, 0.2) is 83.8 Å². The average Bonchev–Trinajstić information content (AvgIpc) is 3.09. The molecule has 0 radical (unpaired) electrons. The fourth-order valence-electron chi connectivity index (χ4n) is 3.41. The van der Waals surface area contributed by atoms with Crippen molar-refractivity contribution in [3.05, 3.63) is 84.4 Å². The van der Waals surface area contributed by atoms with Gasteiger partial charge in [0, 0.05) is 6.42 Å². The van der Waals surface area contributed by atoms with Crippen LogP contribution in [0.1, 0.15) is 5.56 Å². The van der Waals surface area contributed by atoms with E-state index in [2.05, 4.69) is 0 Å². The van der Waals surface area contributed by atoms with E-state index in [1.54, 1.807) is 36.4 Å². The van der Waals surface area contributed by atoms with Crippen molar-refractivity contribution in [3.8, 4) is 11.1 Å². The highest BCUT2D eigenvalue weighted by atomic mass is 32.2. The van der Waals surface area contributed by atoms with Crippen LogP contribution in [-0.4, -0.2) is 25.5 Å². The van der Waals surface area contributed by atoms with E-state index in [0.29, 0.717) is 5.69 Å². The SMILES string of the molecule is O=C(O)C1Cc2ccccc2N1S(=O)(=O)c1ccc(-c2ccccc2)cc1. The molecule has 5 nitrogen and oxygen atoms in total. The third-order valence-corrected chi connectivity index (χ3v) is 6.57. The lowest BCUT2D eigenvalue weighted by Gasteiger charge is -2.24. The number of hydrogen-bond donors (Lipinski definition) is 1. The topological polar surface area (TPSA) is 74.7 Å². The van der Waals surface area contributed by atoms with Crippen LogP contribution in [0.25, 0.3) is 11.1 Å². The van der Waals surface area contributed by atoms with Crippen LogP contribution in [0, 0.1) is 0 Å². The van der Waals surface area contributed by atoms with Crippen LogP contribution < -0.4 is 4.31 Å². The molecule has 0 aliphatic carbocycles. The Kier molecular flexibility index (Phi) is 4.20. The molecule has 1 aliphatic rings. The minimum atomic E-state index is -3.99. The third-order valence-electron chi connectivity index (χ3n) is 4.73. The normalized spacial score (nSPS) is 16.1. The van der Waals surface area contributed by atoms with Crippen LogP contribution >= 0.6 is 0 Å². The Labute approximate surface area is 157 Å². The van der Waals surface area contributed by atoms with E-state index in [0.717, 1.165) is 21.0 Å². The number of rotatable bonds is 4. The van der Waals surface area contributed by atoms with Crippen molar-refractivity contribution >= 4 is 21.7 Å². The van der Waals surface area contributed by atoms with Gasteiger partial charge in [-0.25, -0.2) is 13.2 Å². The number of aliphatic carboxylic acids is 1. The maximum atomic E-state index is 13.2. The number of sulfonamides is 1. The Morgan fingerprint density at radius 2 is 1.44 bits per heavy atom. The second kappa shape index (κ2) is 6.55. The number of benzene rings is 3. The smallest absolute Gasteiger partial charge is 0.327 e. The molecule has 1 atom stereocenters. The summed E-state index contributed by atoms with van der Waals surface area (Å²) in [6, 6.07) is 21.9. The summed E-state index contributed by atoms with van der Waals surface area (Å²) in [5, 5.41) is 9.55. The summed E-state index contributed by atoms with van der Waals surface area (Å²) in [7, 11) is -3.99. The van der Waals surface area contributed by atoms with Crippen molar-refractivity contribution < 1.29 is 18.3 Å². The molecule has 27 heavy (non-hydrogen) atoms. The molecule has 0 fully saturated rings. The van der Waals surface area contributed by atoms with Crippen LogP contribution in [0.4, 0.5) is 5.69 Å². The van der Waals surface area contributed by atoms with Crippen molar-refractivity contribution in [2.75, 3.05) is 4.31 Å². The first-order valence-electron chi connectivity index (χ1n) is 8.49. The first-order chi connectivity index (χ1) is 13.0. The van der Waals surface area contributed by atoms with Crippen molar-refractivity contribution in [2.45, 2.75) is 17.4 Å². The second-order valence-corrected chi connectivity index (χ2v) is 8.19. The lowest BCUT2D eigenvalue weighted by molar-refractivity contribution is -0.138. The zero-order valence-corrected chi connectivity index (χ0v) is 15.1. The Morgan fingerprint density at radius 1 is 0.852 bits per heavy atom. The molecule has 6 heteroatoms. The molecule has 0 saturated heterocycles. The summed E-state index contributed by atoms with van der Waals surface area (Å²) >= 11 is 0. The van der Waals surface area contributed by atoms with Gasteiger partial charge in [-0.3, -0.25) is 4.31 Å². The Morgan fingerprint density at radius 3 is 2.11 bits per heavy atom. The van der Waals surface area contributed by atoms with E-state index in [9.17, 15) is 18.3 Å². The molecular formula is C21H17NO4S. The molecule has 0 saturated carbocycles. The van der Waals surface area contributed by atoms with E-state index in [-0.39, 0.29) is 11.3 Å². The highest BCUT2D eigenvalue weighted by Gasteiger charge is 2.42. The van der Waals surface area contributed by atoms with Crippen LogP contribution in [0.2, 0.25) is 0 Å². The van der Waals surface area contributed by atoms with Gasteiger partial charge in [0.2, 0.25) is 0 Å². The third kappa shape index (κ3) is 2.98. The second-order valence-electron chi connectivity index (χ2n) is 6.38. The molecule has 136 valence electrons. The van der Waals surface area contributed by atoms with Gasteiger partial charge in [-0.2, -0.15) is 0 Å². The number of carbonyl (C=O) groups is 1. The number of fused-ring (bicyclic) bond motifs is 1. The number of carboxylic acid groups (broad SMARTS) is 1. The number of carboxylic acids is 1. The lowest BCUT2D eigenvalue weighted by atomic mass is 10.1. The predicted octanol–water partition coefficient (Wildman–Crippen LogP) is 3.56. The summed E-state index contributed by atoms with van der Waals surface area (Å²) < 4.78 is 27.5. The van der Waals surface area contributed by atoms with Gasteiger partial charge < -0.3 is 5.11 Å². The summed E-state index contributed by atoms with van der Waals surface area (Å²) in [4.78, 5) is 11.8. The van der Waals surface area contributed by atoms with Crippen LogP contribution in [-0.2, 0) is 21.2 Å². The summed E-state index contributed by atoms with van der Waals surface area (Å²) in [5.74, 6) is -1.16. The van der Waals surface area contributed by atoms with Crippen molar-refractivity contribution in [1.82, 2.24) is 0 Å². The van der Waals surface area contributed by atoms with Gasteiger partial charge in [-0.15, -0.1) is 0 Å². The molecular weight excluding hydrogens is 362 g/mol. The van der Waals surface area contributed by atoms with Crippen LogP contribution in [0.5, 0.6) is 0 Å². The molecule has 3 aromatic rings. The van der Waals surface area contributed by atoms with Gasteiger partial charge >= 0.3 is 5.97 Å². The number of nitrogens with zero attached hydrogens (tertiary/aromatic N) is 1. The molecule has 1 unspecified atom stereocenters. The van der Waals surface area contributed by atoms with Gasteiger partial charge in [0.1, 0.15) is 6.04 Å². The van der Waals surface area contributed by atoms with E-state index < -0.39 is 22.0 Å². The molecule has 0 aromatic heterocycles. The summed E-state index contributed by atoms with van der Waals surface area (Å²) in [5.41, 5.74) is 3.02. The number of hydrogen-bond acceptors (Lipinski definition) is 3. The summed E-state index contributed by atoms with van der Waals surface area (Å²) in [6.45, 7) is 0. The minimum Gasteiger partial charge on any atom is -0.480 e. The van der Waals surface area contributed by atoms with Gasteiger partial charge in [0.05, 0.1) is 10.6 Å². The van der Waals surface area contributed by atoms with Crippen molar-refractivity contribution in [2.24, 2.45) is 0 Å². The predicted molar refractivity (Wildman–Crippen MR) is 103 cm³/mol. The average molecular weight is 379 g/mol. The maximum absolute atomic E-state index is 13.2. The lowest BCUT2D eigenvalue weighted by Crippen LogP contribution is -2.42. The van der Waals surface area contributed by atoms with Crippen LogP contribution in [0.3, 0.4) is 0 Å². The first-order valence-corrected chi connectivity index (χ1v) is 9.93. The highest BCUT2D eigenvalue weighted by Crippen LogP contribution is 2.37. The zero-order chi connectivity index (χ0) is 19.0. The van der Waals surface area contributed by atoms with Gasteiger partial charge in [-0.1, -0.05) is 60.7 Å². The first kappa shape index (κ1) is 17.3. The molecule has 0 spiro atoms. The van der Waals surface area contributed by atoms with E-state index >= 15 is 0 Å². The van der Waals surface area contributed by atoms with E-state index in [1.807, 2.05) is 30.3 Å². The number of anilines is 1. The molecule has 3 aromatic carbocycles.